The molecule has 17 heavy (non-hydrogen) atoms. The Morgan fingerprint density at radius 1 is 1.59 bits per heavy atom. The van der Waals surface area contributed by atoms with Crippen molar-refractivity contribution in [3.05, 3.63) is 23.1 Å². The monoisotopic (exact) mass is 258 g/mol. The van der Waals surface area contributed by atoms with E-state index in [1.54, 1.807) is 11.0 Å². The molecule has 4 nitrogen and oxygen atoms in total. The molecule has 1 aromatic heterocycles. The van der Waals surface area contributed by atoms with Gasteiger partial charge in [0.1, 0.15) is 0 Å². The first-order chi connectivity index (χ1) is 7.91. The second-order valence-electron chi connectivity index (χ2n) is 4.80. The lowest BCUT2D eigenvalue weighted by Crippen LogP contribution is -2.41. The molecule has 0 spiro atoms. The highest BCUT2D eigenvalue weighted by molar-refractivity contribution is 6.32. The van der Waals surface area contributed by atoms with Gasteiger partial charge in [0.2, 0.25) is 5.22 Å². The summed E-state index contributed by atoms with van der Waals surface area (Å²) in [5.74, 6) is -0.118. The van der Waals surface area contributed by atoms with Gasteiger partial charge >= 0.3 is 0 Å². The van der Waals surface area contributed by atoms with Crippen LogP contribution in [0.2, 0.25) is 5.22 Å². The first kappa shape index (κ1) is 14.1. The zero-order valence-electron chi connectivity index (χ0n) is 10.5. The number of hydrogen-bond donors (Lipinski definition) is 1. The van der Waals surface area contributed by atoms with Crippen LogP contribution in [0.5, 0.6) is 0 Å². The Balaban J connectivity index is 2.82. The Morgan fingerprint density at radius 2 is 2.24 bits per heavy atom. The van der Waals surface area contributed by atoms with Gasteiger partial charge in [0.15, 0.2) is 0 Å². The molecule has 5 heteroatoms. The zero-order chi connectivity index (χ0) is 13.1. The second kappa shape index (κ2) is 5.56. The number of halogens is 1. The van der Waals surface area contributed by atoms with Gasteiger partial charge in [-0.2, -0.15) is 0 Å². The van der Waals surface area contributed by atoms with Crippen LogP contribution >= 0.6 is 11.6 Å². The van der Waals surface area contributed by atoms with E-state index in [1.807, 2.05) is 20.8 Å². The van der Waals surface area contributed by atoms with Gasteiger partial charge in [-0.05, 0) is 36.6 Å². The van der Waals surface area contributed by atoms with Crippen molar-refractivity contribution in [3.63, 3.8) is 0 Å². The van der Waals surface area contributed by atoms with Crippen LogP contribution in [-0.4, -0.2) is 30.4 Å². The minimum absolute atomic E-state index is 0.109. The smallest absolute Gasteiger partial charge is 0.258 e. The third-order valence-electron chi connectivity index (χ3n) is 2.69. The van der Waals surface area contributed by atoms with E-state index in [-0.39, 0.29) is 16.5 Å². The van der Waals surface area contributed by atoms with E-state index >= 15 is 0 Å². The predicted octanol–water partition coefficient (Wildman–Crippen LogP) is 2.38. The van der Waals surface area contributed by atoms with E-state index in [1.165, 1.54) is 6.26 Å². The molecule has 0 atom stereocenters. The Morgan fingerprint density at radius 3 is 2.65 bits per heavy atom. The summed E-state index contributed by atoms with van der Waals surface area (Å²) in [6.45, 7) is 7.72. The number of amides is 1. The largest absolute Gasteiger partial charge is 0.452 e. The minimum atomic E-state index is -0.118. The van der Waals surface area contributed by atoms with Crippen molar-refractivity contribution in [2.24, 2.45) is 11.1 Å². The second-order valence-corrected chi connectivity index (χ2v) is 5.14. The summed E-state index contributed by atoms with van der Waals surface area (Å²) in [6, 6.07) is 1.59. The van der Waals surface area contributed by atoms with E-state index in [4.69, 9.17) is 21.8 Å². The van der Waals surface area contributed by atoms with E-state index in [0.717, 1.165) is 0 Å². The summed E-state index contributed by atoms with van der Waals surface area (Å²) in [5.41, 5.74) is 5.97. The van der Waals surface area contributed by atoms with E-state index in [9.17, 15) is 4.79 Å². The van der Waals surface area contributed by atoms with Gasteiger partial charge in [-0.3, -0.25) is 4.79 Å². The molecule has 1 rings (SSSR count). The van der Waals surface area contributed by atoms with Crippen LogP contribution in [0.25, 0.3) is 0 Å². The molecule has 0 saturated carbocycles. The third-order valence-corrected chi connectivity index (χ3v) is 2.98. The number of carbonyl (C=O) groups excluding carboxylic acids is 1. The zero-order valence-corrected chi connectivity index (χ0v) is 11.3. The fraction of sp³-hybridized carbons (Fsp3) is 0.583. The lowest BCUT2D eigenvalue weighted by molar-refractivity contribution is 0.0700. The Hall–Kier alpha value is -1.00. The molecule has 1 amide bonds. The van der Waals surface area contributed by atoms with Gasteiger partial charge in [0.25, 0.3) is 5.91 Å². The summed E-state index contributed by atoms with van der Waals surface area (Å²) >= 11 is 5.80. The van der Waals surface area contributed by atoms with Gasteiger partial charge < -0.3 is 15.1 Å². The molecular weight excluding hydrogens is 240 g/mol. The lowest BCUT2D eigenvalue weighted by Gasteiger charge is -2.30. The van der Waals surface area contributed by atoms with Gasteiger partial charge in [-0.15, -0.1) is 0 Å². The van der Waals surface area contributed by atoms with Crippen LogP contribution in [0.1, 0.15) is 31.1 Å². The van der Waals surface area contributed by atoms with Crippen LogP contribution in [0.3, 0.4) is 0 Å². The van der Waals surface area contributed by atoms with Crippen LogP contribution in [0, 0.1) is 5.41 Å². The topological polar surface area (TPSA) is 59.5 Å². The Kier molecular flexibility index (Phi) is 4.60. The summed E-state index contributed by atoms with van der Waals surface area (Å²) in [7, 11) is 0. The number of furan rings is 1. The van der Waals surface area contributed by atoms with Crippen molar-refractivity contribution in [3.8, 4) is 0 Å². The third kappa shape index (κ3) is 3.48. The molecule has 2 N–H and O–H groups in total. The molecule has 0 aliphatic carbocycles. The summed E-state index contributed by atoms with van der Waals surface area (Å²) in [4.78, 5) is 13.9. The van der Waals surface area contributed by atoms with Crippen molar-refractivity contribution >= 4 is 17.5 Å². The van der Waals surface area contributed by atoms with Gasteiger partial charge in [0, 0.05) is 13.1 Å². The van der Waals surface area contributed by atoms with Crippen LogP contribution in [0.15, 0.2) is 16.7 Å². The highest BCUT2D eigenvalue weighted by Gasteiger charge is 2.25. The lowest BCUT2D eigenvalue weighted by atomic mass is 9.93. The molecule has 0 fully saturated rings. The molecule has 0 radical (unpaired) electrons. The van der Waals surface area contributed by atoms with Gasteiger partial charge in [0.05, 0.1) is 11.8 Å². The molecule has 0 aliphatic rings. The van der Waals surface area contributed by atoms with Crippen molar-refractivity contribution in [1.29, 1.82) is 0 Å². The fourth-order valence-electron chi connectivity index (χ4n) is 1.52. The molecule has 0 unspecified atom stereocenters. The highest BCUT2D eigenvalue weighted by Crippen LogP contribution is 2.21. The number of carbonyl (C=O) groups is 1. The molecule has 96 valence electrons. The molecule has 1 heterocycles. The molecule has 0 aromatic carbocycles. The van der Waals surface area contributed by atoms with Crippen LogP contribution in [-0.2, 0) is 0 Å². The first-order valence-corrected chi connectivity index (χ1v) is 6.01. The molecular formula is C12H19ClN2O2. The SMILES string of the molecule is CCN(CC(C)(C)CN)C(=O)c1ccoc1Cl. The average Bonchev–Trinajstić information content (AvgIpc) is 2.71. The van der Waals surface area contributed by atoms with E-state index in [2.05, 4.69) is 0 Å². The maximum Gasteiger partial charge on any atom is 0.258 e. The first-order valence-electron chi connectivity index (χ1n) is 5.63. The summed E-state index contributed by atoms with van der Waals surface area (Å²) < 4.78 is 4.93. The van der Waals surface area contributed by atoms with Crippen LogP contribution < -0.4 is 5.73 Å². The van der Waals surface area contributed by atoms with Gasteiger partial charge in [-0.25, -0.2) is 0 Å². The fourth-order valence-corrected chi connectivity index (χ4v) is 1.72. The number of rotatable bonds is 5. The quantitative estimate of drug-likeness (QED) is 0.882. The van der Waals surface area contributed by atoms with E-state index in [0.29, 0.717) is 25.2 Å². The number of nitrogens with zero attached hydrogens (tertiary/aromatic N) is 1. The Bertz CT molecular complexity index is 388. The summed E-state index contributed by atoms with van der Waals surface area (Å²) in [5, 5.41) is 0.138. The maximum absolute atomic E-state index is 12.2. The standard InChI is InChI=1S/C12H19ClN2O2/c1-4-15(8-12(2,3)7-14)11(16)9-5-6-17-10(9)13/h5-6H,4,7-8,14H2,1-3H3. The molecule has 1 aromatic rings. The number of hydrogen-bond acceptors (Lipinski definition) is 3. The van der Waals surface area contributed by atoms with Crippen molar-refractivity contribution in [2.45, 2.75) is 20.8 Å². The van der Waals surface area contributed by atoms with Crippen molar-refractivity contribution < 1.29 is 9.21 Å². The van der Waals surface area contributed by atoms with Crippen molar-refractivity contribution in [1.82, 2.24) is 4.90 Å². The number of nitrogens with two attached hydrogens (primary N) is 1. The molecule has 0 aliphatic heterocycles. The van der Waals surface area contributed by atoms with Crippen LogP contribution in [0.4, 0.5) is 0 Å². The van der Waals surface area contributed by atoms with Crippen molar-refractivity contribution in [2.75, 3.05) is 19.6 Å². The molecule has 0 saturated heterocycles. The normalized spacial score (nSPS) is 11.6. The Labute approximate surface area is 107 Å². The summed E-state index contributed by atoms with van der Waals surface area (Å²) in [6.07, 6.45) is 1.41. The highest BCUT2D eigenvalue weighted by atomic mass is 35.5. The molecule has 0 bridgehead atoms. The predicted molar refractivity (Wildman–Crippen MR) is 68.1 cm³/mol. The van der Waals surface area contributed by atoms with E-state index < -0.39 is 0 Å². The average molecular weight is 259 g/mol. The maximum atomic E-state index is 12.2. The minimum Gasteiger partial charge on any atom is -0.452 e. The van der Waals surface area contributed by atoms with Gasteiger partial charge in [-0.1, -0.05) is 13.8 Å².